The summed E-state index contributed by atoms with van der Waals surface area (Å²) in [5.74, 6) is 2.54. The number of rotatable bonds is 6. The van der Waals surface area contributed by atoms with Gasteiger partial charge in [0.1, 0.15) is 5.82 Å². The van der Waals surface area contributed by atoms with Gasteiger partial charge in [0, 0.05) is 43.9 Å². The molecule has 2 aliphatic rings. The van der Waals surface area contributed by atoms with Crippen LogP contribution in [0.15, 0.2) is 34.2 Å². The van der Waals surface area contributed by atoms with Gasteiger partial charge in [-0.2, -0.15) is 0 Å². The van der Waals surface area contributed by atoms with Gasteiger partial charge in [0.25, 0.3) is 0 Å². The molecule has 1 N–H and O–H groups in total. The predicted molar refractivity (Wildman–Crippen MR) is 124 cm³/mol. The van der Waals surface area contributed by atoms with E-state index in [-0.39, 0.29) is 29.8 Å². The van der Waals surface area contributed by atoms with Crippen molar-refractivity contribution in [2.75, 3.05) is 52.1 Å². The normalized spacial score (nSPS) is 21.2. The second-order valence-electron chi connectivity index (χ2n) is 7.24. The van der Waals surface area contributed by atoms with Crippen LogP contribution >= 0.6 is 35.7 Å². The van der Waals surface area contributed by atoms with Crippen molar-refractivity contribution in [2.45, 2.75) is 30.6 Å². The lowest BCUT2D eigenvalue weighted by Crippen LogP contribution is -2.42. The van der Waals surface area contributed by atoms with Crippen molar-refractivity contribution >= 4 is 41.7 Å². The van der Waals surface area contributed by atoms with Crippen LogP contribution < -0.4 is 5.32 Å². The molecule has 0 aliphatic carbocycles. The largest absolute Gasteiger partial charge is 0.355 e. The number of thioether (sulfide) groups is 1. The fraction of sp³-hybridized carbons (Fsp3) is 0.650. The second-order valence-corrected chi connectivity index (χ2v) is 8.41. The van der Waals surface area contributed by atoms with Crippen LogP contribution in [-0.4, -0.2) is 67.8 Å². The third kappa shape index (κ3) is 7.42. The van der Waals surface area contributed by atoms with Crippen LogP contribution in [0.4, 0.5) is 4.39 Å². The highest BCUT2D eigenvalue weighted by Crippen LogP contribution is 2.20. The molecule has 2 saturated heterocycles. The maximum atomic E-state index is 12.9. The summed E-state index contributed by atoms with van der Waals surface area (Å²) >= 11 is 1.74. The quantitative estimate of drug-likeness (QED) is 0.208. The molecule has 7 heteroatoms. The zero-order chi connectivity index (χ0) is 18.2. The molecule has 1 atom stereocenters. The first-order valence-corrected chi connectivity index (χ1v) is 10.8. The molecule has 2 heterocycles. The first-order valence-electron chi connectivity index (χ1n) is 9.81. The Morgan fingerprint density at radius 1 is 1.19 bits per heavy atom. The minimum Gasteiger partial charge on any atom is -0.355 e. The molecule has 152 valence electrons. The lowest BCUT2D eigenvalue weighted by molar-refractivity contribution is 0.198. The van der Waals surface area contributed by atoms with Crippen molar-refractivity contribution in [2.24, 2.45) is 10.9 Å². The number of guanidine groups is 1. The van der Waals surface area contributed by atoms with Crippen LogP contribution in [0.1, 0.15) is 25.7 Å². The standard InChI is InChI=1S/C20H31FN4S.HI/c1-22-20(23-10-14-26-19-7-5-18(21)6-8-19)25-13-9-17(16-25)15-24-11-3-2-4-12-24;/h5-8,17H,2-4,9-16H2,1H3,(H,22,23);1H. The Morgan fingerprint density at radius 3 is 2.63 bits per heavy atom. The Kier molecular flexibility index (Phi) is 10.2. The highest BCUT2D eigenvalue weighted by atomic mass is 127. The first-order chi connectivity index (χ1) is 12.7. The molecule has 3 rings (SSSR count). The monoisotopic (exact) mass is 506 g/mol. The lowest BCUT2D eigenvalue weighted by atomic mass is 10.1. The number of piperidine rings is 1. The van der Waals surface area contributed by atoms with E-state index >= 15 is 0 Å². The number of benzene rings is 1. The summed E-state index contributed by atoms with van der Waals surface area (Å²) in [5, 5.41) is 3.48. The molecule has 2 aliphatic heterocycles. The molecule has 0 aromatic heterocycles. The third-order valence-electron chi connectivity index (χ3n) is 5.23. The molecule has 0 saturated carbocycles. The first kappa shape index (κ1) is 22.7. The topological polar surface area (TPSA) is 30.9 Å². The summed E-state index contributed by atoms with van der Waals surface area (Å²) in [7, 11) is 1.87. The zero-order valence-electron chi connectivity index (χ0n) is 16.2. The van der Waals surface area contributed by atoms with Crippen LogP contribution in [0.25, 0.3) is 0 Å². The number of nitrogens with zero attached hydrogens (tertiary/aromatic N) is 3. The van der Waals surface area contributed by atoms with Crippen molar-refractivity contribution in [3.8, 4) is 0 Å². The van der Waals surface area contributed by atoms with Gasteiger partial charge in [0.15, 0.2) is 5.96 Å². The summed E-state index contributed by atoms with van der Waals surface area (Å²) in [6.07, 6.45) is 5.40. The molecule has 0 amide bonds. The van der Waals surface area contributed by atoms with Crippen LogP contribution in [0.2, 0.25) is 0 Å². The maximum absolute atomic E-state index is 12.9. The van der Waals surface area contributed by atoms with E-state index in [0.717, 1.165) is 42.2 Å². The van der Waals surface area contributed by atoms with Crippen LogP contribution in [0, 0.1) is 11.7 Å². The molecule has 1 aromatic rings. The molecule has 2 fully saturated rings. The minimum atomic E-state index is -0.180. The average Bonchev–Trinajstić information content (AvgIpc) is 3.12. The number of likely N-dealkylation sites (tertiary alicyclic amines) is 2. The fourth-order valence-corrected chi connectivity index (χ4v) is 4.64. The smallest absolute Gasteiger partial charge is 0.193 e. The molecular formula is C20H32FIN4S. The molecule has 0 bridgehead atoms. The van der Waals surface area contributed by atoms with E-state index in [1.165, 1.54) is 57.5 Å². The minimum absolute atomic E-state index is 0. The van der Waals surface area contributed by atoms with Gasteiger partial charge < -0.3 is 15.1 Å². The van der Waals surface area contributed by atoms with E-state index in [2.05, 4.69) is 20.1 Å². The highest BCUT2D eigenvalue weighted by Gasteiger charge is 2.26. The number of aliphatic imine (C=N–C) groups is 1. The predicted octanol–water partition coefficient (Wildman–Crippen LogP) is 3.92. The number of nitrogens with one attached hydrogen (secondary N) is 1. The van der Waals surface area contributed by atoms with Gasteiger partial charge in [0.05, 0.1) is 0 Å². The van der Waals surface area contributed by atoms with Crippen molar-refractivity contribution in [3.63, 3.8) is 0 Å². The molecular weight excluding hydrogens is 474 g/mol. The Labute approximate surface area is 184 Å². The number of hydrogen-bond donors (Lipinski definition) is 1. The SMILES string of the molecule is CN=C(NCCSc1ccc(F)cc1)N1CCC(CN2CCCCC2)C1.I. The van der Waals surface area contributed by atoms with E-state index in [4.69, 9.17) is 0 Å². The van der Waals surface area contributed by atoms with E-state index in [1.807, 2.05) is 19.2 Å². The van der Waals surface area contributed by atoms with Gasteiger partial charge in [-0.15, -0.1) is 35.7 Å². The van der Waals surface area contributed by atoms with Crippen LogP contribution in [0.3, 0.4) is 0 Å². The fourth-order valence-electron chi connectivity index (χ4n) is 3.88. The highest BCUT2D eigenvalue weighted by molar-refractivity contribution is 14.0. The molecule has 0 spiro atoms. The van der Waals surface area contributed by atoms with Gasteiger partial charge in [-0.25, -0.2) is 4.39 Å². The summed E-state index contributed by atoms with van der Waals surface area (Å²) < 4.78 is 12.9. The van der Waals surface area contributed by atoms with Crippen molar-refractivity contribution in [1.82, 2.24) is 15.1 Å². The van der Waals surface area contributed by atoms with E-state index in [0.29, 0.717) is 0 Å². The van der Waals surface area contributed by atoms with Gasteiger partial charge in [-0.3, -0.25) is 4.99 Å². The third-order valence-corrected chi connectivity index (χ3v) is 6.24. The van der Waals surface area contributed by atoms with Gasteiger partial charge in [-0.1, -0.05) is 6.42 Å². The molecule has 1 aromatic carbocycles. The lowest BCUT2D eigenvalue weighted by Gasteiger charge is -2.29. The molecule has 27 heavy (non-hydrogen) atoms. The summed E-state index contributed by atoms with van der Waals surface area (Å²) in [5.41, 5.74) is 0. The van der Waals surface area contributed by atoms with Crippen LogP contribution in [0.5, 0.6) is 0 Å². The number of halogens is 2. The second kappa shape index (κ2) is 12.1. The molecule has 1 unspecified atom stereocenters. The van der Waals surface area contributed by atoms with E-state index in [1.54, 1.807) is 11.8 Å². The Balaban J connectivity index is 0.00000261. The van der Waals surface area contributed by atoms with Crippen LogP contribution in [-0.2, 0) is 0 Å². The average molecular weight is 506 g/mol. The summed E-state index contributed by atoms with van der Waals surface area (Å²) in [4.78, 5) is 10.6. The van der Waals surface area contributed by atoms with Gasteiger partial charge in [0.2, 0.25) is 0 Å². The Hall–Kier alpha value is -0.540. The van der Waals surface area contributed by atoms with Crippen molar-refractivity contribution in [1.29, 1.82) is 0 Å². The van der Waals surface area contributed by atoms with Crippen molar-refractivity contribution in [3.05, 3.63) is 30.1 Å². The Bertz CT molecular complexity index is 578. The summed E-state index contributed by atoms with van der Waals surface area (Å²) in [6, 6.07) is 6.70. The molecule has 4 nitrogen and oxygen atoms in total. The van der Waals surface area contributed by atoms with E-state index in [9.17, 15) is 4.39 Å². The maximum Gasteiger partial charge on any atom is 0.193 e. The number of hydrogen-bond acceptors (Lipinski definition) is 3. The van der Waals surface area contributed by atoms with Crippen molar-refractivity contribution < 1.29 is 4.39 Å². The molecule has 0 radical (unpaired) electrons. The Morgan fingerprint density at radius 2 is 1.93 bits per heavy atom. The van der Waals surface area contributed by atoms with E-state index < -0.39 is 0 Å². The zero-order valence-corrected chi connectivity index (χ0v) is 19.3. The van der Waals surface area contributed by atoms with Gasteiger partial charge >= 0.3 is 0 Å². The van der Waals surface area contributed by atoms with Gasteiger partial charge in [-0.05, 0) is 62.5 Å². The summed E-state index contributed by atoms with van der Waals surface area (Å²) in [6.45, 7) is 6.88.